The van der Waals surface area contributed by atoms with Crippen LogP contribution in [-0.4, -0.2) is 6.54 Å². The van der Waals surface area contributed by atoms with Crippen LogP contribution in [-0.2, 0) is 0 Å². The Morgan fingerprint density at radius 3 is 2.19 bits per heavy atom. The first kappa shape index (κ1) is 16.7. The van der Waals surface area contributed by atoms with Crippen molar-refractivity contribution in [1.29, 1.82) is 0 Å². The molecule has 2 aromatic carbocycles. The fraction of sp³-hybridized carbons (Fsp3) is 0.333. The average Bonchev–Trinajstić information content (AvgIpc) is 2.44. The van der Waals surface area contributed by atoms with E-state index in [1.165, 1.54) is 32.3 Å². The Hall–Kier alpha value is -0.640. The van der Waals surface area contributed by atoms with Crippen LogP contribution in [0.3, 0.4) is 0 Å². The van der Waals surface area contributed by atoms with Crippen LogP contribution in [0.15, 0.2) is 39.3 Å². The first-order valence-corrected chi connectivity index (χ1v) is 8.78. The Labute approximate surface area is 144 Å². The van der Waals surface area contributed by atoms with Crippen LogP contribution in [0.1, 0.15) is 40.8 Å². The Balaban J connectivity index is 2.52. The second-order valence-corrected chi connectivity index (χ2v) is 7.17. The third-order valence-electron chi connectivity index (χ3n) is 3.78. The molecule has 0 saturated carbocycles. The highest BCUT2D eigenvalue weighted by Gasteiger charge is 2.17. The van der Waals surface area contributed by atoms with Gasteiger partial charge < -0.3 is 5.32 Å². The van der Waals surface area contributed by atoms with Gasteiger partial charge in [0.2, 0.25) is 0 Å². The van der Waals surface area contributed by atoms with Crippen LogP contribution < -0.4 is 5.32 Å². The lowest BCUT2D eigenvalue weighted by molar-refractivity contribution is 0.626. The summed E-state index contributed by atoms with van der Waals surface area (Å²) in [6.45, 7) is 9.54. The van der Waals surface area contributed by atoms with Gasteiger partial charge in [0.25, 0.3) is 0 Å². The molecule has 0 fully saturated rings. The van der Waals surface area contributed by atoms with Gasteiger partial charge in [-0.15, -0.1) is 0 Å². The normalized spacial score (nSPS) is 12.5. The van der Waals surface area contributed by atoms with E-state index in [2.05, 4.69) is 95.2 Å². The zero-order valence-electron chi connectivity index (χ0n) is 12.9. The molecule has 0 aliphatic heterocycles. The minimum Gasteiger partial charge on any atom is -0.307 e. The highest BCUT2D eigenvalue weighted by Crippen LogP contribution is 2.31. The van der Waals surface area contributed by atoms with E-state index in [-0.39, 0.29) is 6.04 Å². The Morgan fingerprint density at radius 1 is 0.905 bits per heavy atom. The molecule has 0 saturated heterocycles. The van der Waals surface area contributed by atoms with Crippen LogP contribution in [0.25, 0.3) is 0 Å². The van der Waals surface area contributed by atoms with Crippen molar-refractivity contribution in [3.63, 3.8) is 0 Å². The van der Waals surface area contributed by atoms with E-state index >= 15 is 0 Å². The van der Waals surface area contributed by atoms with E-state index in [0.29, 0.717) is 0 Å². The largest absolute Gasteiger partial charge is 0.307 e. The second-order valence-electron chi connectivity index (χ2n) is 5.46. The average molecular weight is 411 g/mol. The molecule has 0 aliphatic rings. The molecule has 0 bridgehead atoms. The first-order valence-electron chi connectivity index (χ1n) is 7.20. The molecule has 112 valence electrons. The van der Waals surface area contributed by atoms with Gasteiger partial charge in [-0.1, -0.05) is 57.0 Å². The third kappa shape index (κ3) is 3.77. The predicted octanol–water partition coefficient (Wildman–Crippen LogP) is 5.84. The van der Waals surface area contributed by atoms with Gasteiger partial charge in [-0.05, 0) is 67.3 Å². The van der Waals surface area contributed by atoms with Crippen LogP contribution in [0.2, 0.25) is 0 Å². The summed E-state index contributed by atoms with van der Waals surface area (Å²) in [4.78, 5) is 0. The van der Waals surface area contributed by atoms with E-state index in [4.69, 9.17) is 0 Å². The molecular formula is C18H21Br2N. The van der Waals surface area contributed by atoms with E-state index in [9.17, 15) is 0 Å². The topological polar surface area (TPSA) is 12.0 Å². The molecule has 21 heavy (non-hydrogen) atoms. The minimum atomic E-state index is 0.230. The van der Waals surface area contributed by atoms with Crippen LogP contribution in [0, 0.1) is 20.8 Å². The zero-order valence-corrected chi connectivity index (χ0v) is 16.1. The Morgan fingerprint density at radius 2 is 1.57 bits per heavy atom. The highest BCUT2D eigenvalue weighted by molar-refractivity contribution is 9.10. The van der Waals surface area contributed by atoms with Crippen molar-refractivity contribution in [2.75, 3.05) is 6.54 Å². The summed E-state index contributed by atoms with van der Waals surface area (Å²) in [5, 5.41) is 3.62. The lowest BCUT2D eigenvalue weighted by Gasteiger charge is -2.22. The van der Waals surface area contributed by atoms with Gasteiger partial charge in [0.1, 0.15) is 0 Å². The van der Waals surface area contributed by atoms with Crippen molar-refractivity contribution in [2.45, 2.75) is 33.7 Å². The molecule has 0 aromatic heterocycles. The molecule has 0 radical (unpaired) electrons. The number of aryl methyl sites for hydroxylation is 3. The van der Waals surface area contributed by atoms with Crippen molar-refractivity contribution in [3.05, 3.63) is 67.1 Å². The first-order chi connectivity index (χ1) is 9.93. The maximum atomic E-state index is 3.62. The molecule has 2 rings (SSSR count). The van der Waals surface area contributed by atoms with E-state index in [1.54, 1.807) is 0 Å². The molecule has 0 amide bonds. The molecular weight excluding hydrogens is 390 g/mol. The second kappa shape index (κ2) is 7.08. The summed E-state index contributed by atoms with van der Waals surface area (Å²) >= 11 is 7.20. The summed E-state index contributed by atoms with van der Waals surface area (Å²) in [5.74, 6) is 0. The van der Waals surface area contributed by atoms with Crippen LogP contribution in [0.4, 0.5) is 0 Å². The van der Waals surface area contributed by atoms with Gasteiger partial charge in [-0.2, -0.15) is 0 Å². The fourth-order valence-electron chi connectivity index (χ4n) is 2.57. The molecule has 1 N–H and O–H groups in total. The van der Waals surface area contributed by atoms with Gasteiger partial charge in [0, 0.05) is 8.95 Å². The number of nitrogens with one attached hydrogen (secondary N) is 1. The summed E-state index contributed by atoms with van der Waals surface area (Å²) in [6, 6.07) is 11.3. The summed E-state index contributed by atoms with van der Waals surface area (Å²) in [7, 11) is 0. The van der Waals surface area contributed by atoms with E-state index in [0.717, 1.165) is 11.0 Å². The monoisotopic (exact) mass is 409 g/mol. The molecule has 1 unspecified atom stereocenters. The number of hydrogen-bond donors (Lipinski definition) is 1. The summed E-state index contributed by atoms with van der Waals surface area (Å²) in [6.07, 6.45) is 0. The van der Waals surface area contributed by atoms with Gasteiger partial charge >= 0.3 is 0 Å². The third-order valence-corrected chi connectivity index (χ3v) is 5.53. The number of hydrogen-bond acceptors (Lipinski definition) is 1. The van der Waals surface area contributed by atoms with Crippen molar-refractivity contribution < 1.29 is 0 Å². The smallest absolute Gasteiger partial charge is 0.0579 e. The summed E-state index contributed by atoms with van der Waals surface area (Å²) in [5.41, 5.74) is 6.50. The standard InChI is InChI=1S/C18H21Br2N/c1-5-21-18(14-6-7-16(19)12(3)8-14)15-9-13(4)17(20)10-11(15)2/h6-10,18,21H,5H2,1-4H3. The maximum absolute atomic E-state index is 3.62. The molecule has 3 heteroatoms. The van der Waals surface area contributed by atoms with Crippen LogP contribution >= 0.6 is 31.9 Å². The summed E-state index contributed by atoms with van der Waals surface area (Å²) < 4.78 is 2.33. The minimum absolute atomic E-state index is 0.230. The van der Waals surface area contributed by atoms with Gasteiger partial charge in [-0.3, -0.25) is 0 Å². The SMILES string of the molecule is CCNC(c1ccc(Br)c(C)c1)c1cc(C)c(Br)cc1C. The molecule has 0 aliphatic carbocycles. The quantitative estimate of drug-likeness (QED) is 0.667. The van der Waals surface area contributed by atoms with Gasteiger partial charge in [0.05, 0.1) is 6.04 Å². The molecule has 0 heterocycles. The van der Waals surface area contributed by atoms with Gasteiger partial charge in [0.15, 0.2) is 0 Å². The molecule has 1 nitrogen and oxygen atoms in total. The van der Waals surface area contributed by atoms with E-state index < -0.39 is 0 Å². The Kier molecular flexibility index (Phi) is 5.64. The predicted molar refractivity (Wildman–Crippen MR) is 98.0 cm³/mol. The van der Waals surface area contributed by atoms with Crippen molar-refractivity contribution in [2.24, 2.45) is 0 Å². The number of benzene rings is 2. The van der Waals surface area contributed by atoms with Crippen LogP contribution in [0.5, 0.6) is 0 Å². The highest BCUT2D eigenvalue weighted by atomic mass is 79.9. The molecule has 0 spiro atoms. The maximum Gasteiger partial charge on any atom is 0.0579 e. The number of halogens is 2. The number of rotatable bonds is 4. The van der Waals surface area contributed by atoms with Crippen molar-refractivity contribution in [1.82, 2.24) is 5.32 Å². The zero-order chi connectivity index (χ0) is 15.6. The van der Waals surface area contributed by atoms with E-state index in [1.807, 2.05) is 0 Å². The molecule has 1 atom stereocenters. The van der Waals surface area contributed by atoms with Crippen molar-refractivity contribution in [3.8, 4) is 0 Å². The lowest BCUT2D eigenvalue weighted by Crippen LogP contribution is -2.23. The van der Waals surface area contributed by atoms with Gasteiger partial charge in [-0.25, -0.2) is 0 Å². The fourth-order valence-corrected chi connectivity index (χ4v) is 3.28. The van der Waals surface area contributed by atoms with Crippen molar-refractivity contribution >= 4 is 31.9 Å². The molecule has 2 aromatic rings. The Bertz CT molecular complexity index is 650. The lowest BCUT2D eigenvalue weighted by atomic mass is 9.92.